The van der Waals surface area contributed by atoms with Gasteiger partial charge in [0.1, 0.15) is 11.6 Å². The molecule has 0 aromatic heterocycles. The van der Waals surface area contributed by atoms with Gasteiger partial charge in [-0.1, -0.05) is 43.7 Å². The lowest BCUT2D eigenvalue weighted by molar-refractivity contribution is 0.506. The van der Waals surface area contributed by atoms with Crippen molar-refractivity contribution in [1.82, 2.24) is 5.43 Å². The van der Waals surface area contributed by atoms with Gasteiger partial charge >= 0.3 is 0 Å². The summed E-state index contributed by atoms with van der Waals surface area (Å²) >= 11 is 0. The SMILES string of the molecule is CCCc1cccc(C(NN)c2c(F)ccc(C)c2F)c1. The van der Waals surface area contributed by atoms with Crippen LogP contribution in [0.25, 0.3) is 0 Å². The monoisotopic (exact) mass is 290 g/mol. The van der Waals surface area contributed by atoms with Gasteiger partial charge in [0.2, 0.25) is 0 Å². The molecule has 0 saturated carbocycles. The normalized spacial score (nSPS) is 12.4. The maximum absolute atomic E-state index is 14.3. The van der Waals surface area contributed by atoms with Crippen LogP contribution in [0.1, 0.15) is 41.6 Å². The molecule has 0 heterocycles. The Bertz CT molecular complexity index is 626. The summed E-state index contributed by atoms with van der Waals surface area (Å²) in [5.74, 6) is 4.41. The lowest BCUT2D eigenvalue weighted by Gasteiger charge is -2.20. The Labute approximate surface area is 124 Å². The van der Waals surface area contributed by atoms with Crippen LogP contribution in [0.3, 0.4) is 0 Å². The molecule has 4 heteroatoms. The van der Waals surface area contributed by atoms with E-state index < -0.39 is 17.7 Å². The highest BCUT2D eigenvalue weighted by Crippen LogP contribution is 2.28. The first-order valence-electron chi connectivity index (χ1n) is 7.08. The van der Waals surface area contributed by atoms with Crippen LogP contribution in [-0.4, -0.2) is 0 Å². The Morgan fingerprint density at radius 2 is 1.95 bits per heavy atom. The molecular formula is C17H20F2N2. The molecule has 2 rings (SSSR count). The fourth-order valence-electron chi connectivity index (χ4n) is 2.51. The van der Waals surface area contributed by atoms with E-state index in [1.165, 1.54) is 12.1 Å². The summed E-state index contributed by atoms with van der Waals surface area (Å²) < 4.78 is 28.4. The third-order valence-corrected chi connectivity index (χ3v) is 3.60. The third kappa shape index (κ3) is 3.28. The number of halogens is 2. The van der Waals surface area contributed by atoms with Gasteiger partial charge in [-0.05, 0) is 36.1 Å². The number of benzene rings is 2. The number of nitrogens with two attached hydrogens (primary N) is 1. The summed E-state index contributed by atoms with van der Waals surface area (Å²) in [7, 11) is 0. The first-order valence-corrected chi connectivity index (χ1v) is 7.08. The van der Waals surface area contributed by atoms with Crippen molar-refractivity contribution in [2.24, 2.45) is 5.84 Å². The summed E-state index contributed by atoms with van der Waals surface area (Å²) in [6, 6.07) is 9.64. The molecule has 0 bridgehead atoms. The molecule has 2 aromatic carbocycles. The van der Waals surface area contributed by atoms with Crippen LogP contribution in [-0.2, 0) is 6.42 Å². The van der Waals surface area contributed by atoms with Crippen LogP contribution in [0.2, 0.25) is 0 Å². The molecule has 0 fully saturated rings. The molecule has 2 nitrogen and oxygen atoms in total. The molecule has 2 aromatic rings. The van der Waals surface area contributed by atoms with E-state index in [-0.39, 0.29) is 5.56 Å². The predicted molar refractivity (Wildman–Crippen MR) is 80.7 cm³/mol. The summed E-state index contributed by atoms with van der Waals surface area (Å²) in [5, 5.41) is 0. The van der Waals surface area contributed by atoms with Crippen LogP contribution in [0, 0.1) is 18.6 Å². The van der Waals surface area contributed by atoms with E-state index in [4.69, 9.17) is 5.84 Å². The van der Waals surface area contributed by atoms with E-state index in [9.17, 15) is 8.78 Å². The van der Waals surface area contributed by atoms with Crippen LogP contribution < -0.4 is 11.3 Å². The quantitative estimate of drug-likeness (QED) is 0.649. The highest BCUT2D eigenvalue weighted by atomic mass is 19.1. The van der Waals surface area contributed by atoms with E-state index in [1.54, 1.807) is 6.92 Å². The molecule has 1 atom stereocenters. The minimum absolute atomic E-state index is 0.0360. The molecule has 3 N–H and O–H groups in total. The van der Waals surface area contributed by atoms with E-state index in [1.807, 2.05) is 24.3 Å². The number of hydrazine groups is 1. The fraction of sp³-hybridized carbons (Fsp3) is 0.294. The molecule has 112 valence electrons. The number of hydrogen-bond acceptors (Lipinski definition) is 2. The summed E-state index contributed by atoms with van der Waals surface area (Å²) in [4.78, 5) is 0. The van der Waals surface area contributed by atoms with E-state index in [0.717, 1.165) is 24.0 Å². The first kappa shape index (κ1) is 15.6. The Balaban J connectivity index is 2.50. The Morgan fingerprint density at radius 1 is 1.19 bits per heavy atom. The van der Waals surface area contributed by atoms with Crippen LogP contribution >= 0.6 is 0 Å². The molecule has 1 unspecified atom stereocenters. The maximum Gasteiger partial charge on any atom is 0.134 e. The van der Waals surface area contributed by atoms with Gasteiger partial charge in [0.15, 0.2) is 0 Å². The van der Waals surface area contributed by atoms with Gasteiger partial charge in [-0.25, -0.2) is 14.2 Å². The van der Waals surface area contributed by atoms with Crippen molar-refractivity contribution >= 4 is 0 Å². The van der Waals surface area contributed by atoms with Crippen molar-refractivity contribution in [3.63, 3.8) is 0 Å². The van der Waals surface area contributed by atoms with E-state index in [2.05, 4.69) is 12.3 Å². The van der Waals surface area contributed by atoms with Gasteiger partial charge < -0.3 is 0 Å². The van der Waals surface area contributed by atoms with Crippen molar-refractivity contribution in [3.05, 3.63) is 70.3 Å². The Morgan fingerprint density at radius 3 is 2.62 bits per heavy atom. The molecule has 0 saturated heterocycles. The third-order valence-electron chi connectivity index (χ3n) is 3.60. The van der Waals surface area contributed by atoms with Crippen LogP contribution in [0.5, 0.6) is 0 Å². The lowest BCUT2D eigenvalue weighted by atomic mass is 9.94. The average molecular weight is 290 g/mol. The molecule has 0 aliphatic heterocycles. The number of nitrogens with one attached hydrogen (secondary N) is 1. The second-order valence-electron chi connectivity index (χ2n) is 5.19. The molecule has 0 aliphatic rings. The van der Waals surface area contributed by atoms with Gasteiger partial charge in [0.25, 0.3) is 0 Å². The summed E-state index contributed by atoms with van der Waals surface area (Å²) in [6.07, 6.45) is 1.93. The van der Waals surface area contributed by atoms with Crippen LogP contribution in [0.15, 0.2) is 36.4 Å². The van der Waals surface area contributed by atoms with Gasteiger partial charge in [0.05, 0.1) is 6.04 Å². The van der Waals surface area contributed by atoms with Crippen molar-refractivity contribution in [3.8, 4) is 0 Å². The molecular weight excluding hydrogens is 270 g/mol. The van der Waals surface area contributed by atoms with E-state index >= 15 is 0 Å². The van der Waals surface area contributed by atoms with Crippen molar-refractivity contribution in [2.75, 3.05) is 0 Å². The van der Waals surface area contributed by atoms with E-state index in [0.29, 0.717) is 5.56 Å². The molecule has 0 radical (unpaired) electrons. The highest BCUT2D eigenvalue weighted by Gasteiger charge is 2.22. The zero-order chi connectivity index (χ0) is 15.4. The molecule has 0 amide bonds. The number of hydrogen-bond donors (Lipinski definition) is 2. The predicted octanol–water partition coefficient (Wildman–Crippen LogP) is 3.78. The second-order valence-corrected chi connectivity index (χ2v) is 5.19. The summed E-state index contributed by atoms with van der Waals surface area (Å²) in [6.45, 7) is 3.70. The van der Waals surface area contributed by atoms with Gasteiger partial charge in [-0.15, -0.1) is 0 Å². The van der Waals surface area contributed by atoms with Crippen molar-refractivity contribution in [2.45, 2.75) is 32.7 Å². The molecule has 21 heavy (non-hydrogen) atoms. The first-order chi connectivity index (χ1) is 10.1. The summed E-state index contributed by atoms with van der Waals surface area (Å²) in [5.41, 5.74) is 4.78. The number of rotatable bonds is 5. The number of aryl methyl sites for hydroxylation is 2. The zero-order valence-electron chi connectivity index (χ0n) is 12.3. The fourth-order valence-corrected chi connectivity index (χ4v) is 2.51. The van der Waals surface area contributed by atoms with Gasteiger partial charge in [-0.2, -0.15) is 0 Å². The van der Waals surface area contributed by atoms with Gasteiger partial charge in [-0.3, -0.25) is 5.84 Å². The Kier molecular flexibility index (Phi) is 5.04. The van der Waals surface area contributed by atoms with Gasteiger partial charge in [0, 0.05) is 5.56 Å². The molecule has 0 aliphatic carbocycles. The zero-order valence-corrected chi connectivity index (χ0v) is 12.3. The van der Waals surface area contributed by atoms with Crippen molar-refractivity contribution in [1.29, 1.82) is 0 Å². The maximum atomic E-state index is 14.3. The largest absolute Gasteiger partial charge is 0.271 e. The minimum atomic E-state index is -0.707. The smallest absolute Gasteiger partial charge is 0.134 e. The lowest BCUT2D eigenvalue weighted by Crippen LogP contribution is -2.30. The second kappa shape index (κ2) is 6.78. The average Bonchev–Trinajstić information content (AvgIpc) is 2.48. The topological polar surface area (TPSA) is 38.0 Å². The highest BCUT2D eigenvalue weighted by molar-refractivity contribution is 5.38. The standard InChI is InChI=1S/C17H20F2N2/c1-3-5-12-6-4-7-13(10-12)17(21-20)15-14(18)9-8-11(2)16(15)19/h4,6-10,17,21H,3,5,20H2,1-2H3. The molecule has 0 spiro atoms. The minimum Gasteiger partial charge on any atom is -0.271 e. The van der Waals surface area contributed by atoms with Crippen molar-refractivity contribution < 1.29 is 8.78 Å². The van der Waals surface area contributed by atoms with Crippen LogP contribution in [0.4, 0.5) is 8.78 Å². The Hall–Kier alpha value is -1.78.